The molecule has 0 radical (unpaired) electrons. The predicted octanol–water partition coefficient (Wildman–Crippen LogP) is 2.60. The molecule has 1 aliphatic heterocycles. The van der Waals surface area contributed by atoms with E-state index in [0.717, 1.165) is 6.54 Å². The molecule has 20 heavy (non-hydrogen) atoms. The first-order valence-corrected chi connectivity index (χ1v) is 8.62. The van der Waals surface area contributed by atoms with E-state index in [1.165, 1.54) is 11.1 Å². The van der Waals surface area contributed by atoms with Crippen molar-refractivity contribution in [1.82, 2.24) is 4.90 Å². The lowest BCUT2D eigenvalue weighted by molar-refractivity contribution is 0.269. The Kier molecular flexibility index (Phi) is 4.35. The van der Waals surface area contributed by atoms with E-state index in [4.69, 9.17) is 0 Å². The Morgan fingerprint density at radius 2 is 1.95 bits per heavy atom. The monoisotopic (exact) mass is 293 g/mol. The fourth-order valence-corrected chi connectivity index (χ4v) is 4.04. The Morgan fingerprint density at radius 3 is 2.55 bits per heavy atom. The highest BCUT2D eigenvalue weighted by Crippen LogP contribution is 2.24. The number of nitrogens with zero attached hydrogens (tertiary/aromatic N) is 1. The molecule has 4 heteroatoms. The van der Waals surface area contributed by atoms with E-state index in [-0.39, 0.29) is 5.75 Å². The summed E-state index contributed by atoms with van der Waals surface area (Å²) < 4.78 is 23.3. The molecule has 0 spiro atoms. The van der Waals surface area contributed by atoms with Crippen molar-refractivity contribution in [3.8, 4) is 0 Å². The zero-order chi connectivity index (χ0) is 14.8. The van der Waals surface area contributed by atoms with Crippen LogP contribution in [0, 0.1) is 0 Å². The molecule has 0 N–H and O–H groups in total. The highest BCUT2D eigenvalue weighted by atomic mass is 32.2. The van der Waals surface area contributed by atoms with Crippen LogP contribution in [0.15, 0.2) is 35.9 Å². The molecule has 0 amide bonds. The maximum atomic E-state index is 12.0. The molecule has 1 aliphatic rings. The third-order valence-electron chi connectivity index (χ3n) is 3.81. The van der Waals surface area contributed by atoms with Crippen LogP contribution in [0.1, 0.15) is 26.3 Å². The minimum atomic E-state index is -2.95. The van der Waals surface area contributed by atoms with Crippen molar-refractivity contribution in [1.29, 1.82) is 0 Å². The number of sulfone groups is 1. The molecule has 3 nitrogen and oxygen atoms in total. The van der Waals surface area contributed by atoms with Crippen molar-refractivity contribution in [3.63, 3.8) is 0 Å². The van der Waals surface area contributed by atoms with Gasteiger partial charge in [0.2, 0.25) is 0 Å². The number of hydrogen-bond donors (Lipinski definition) is 0. The van der Waals surface area contributed by atoms with Crippen molar-refractivity contribution in [3.05, 3.63) is 41.5 Å². The zero-order valence-electron chi connectivity index (χ0n) is 12.5. The second kappa shape index (κ2) is 5.70. The van der Waals surface area contributed by atoms with E-state index >= 15 is 0 Å². The van der Waals surface area contributed by atoms with Gasteiger partial charge < -0.3 is 0 Å². The Morgan fingerprint density at radius 1 is 1.30 bits per heavy atom. The molecule has 1 aromatic carbocycles. The van der Waals surface area contributed by atoms with Gasteiger partial charge in [0.05, 0.1) is 10.5 Å². The van der Waals surface area contributed by atoms with Crippen molar-refractivity contribution in [2.24, 2.45) is 0 Å². The van der Waals surface area contributed by atoms with Gasteiger partial charge in [-0.1, -0.05) is 42.0 Å². The summed E-state index contributed by atoms with van der Waals surface area (Å²) in [6.07, 6.45) is 2.16. The first kappa shape index (κ1) is 15.3. The molecular formula is C16H23NO2S. The molecule has 2 rings (SSSR count). The van der Waals surface area contributed by atoms with Crippen molar-refractivity contribution in [2.75, 3.05) is 25.4 Å². The molecule has 1 saturated heterocycles. The van der Waals surface area contributed by atoms with Crippen LogP contribution in [0.5, 0.6) is 0 Å². The van der Waals surface area contributed by atoms with Gasteiger partial charge in [0.1, 0.15) is 0 Å². The van der Waals surface area contributed by atoms with Gasteiger partial charge in [-0.05, 0) is 26.3 Å². The number of benzene rings is 1. The summed E-state index contributed by atoms with van der Waals surface area (Å²) in [4.78, 5) is 2.23. The summed E-state index contributed by atoms with van der Waals surface area (Å²) in [6.45, 7) is 7.81. The average molecular weight is 293 g/mol. The molecule has 0 saturated carbocycles. The van der Waals surface area contributed by atoms with Crippen LogP contribution in [0.25, 0.3) is 6.08 Å². The van der Waals surface area contributed by atoms with Crippen LogP contribution in [0.2, 0.25) is 0 Å². The Bertz CT molecular complexity index is 588. The third kappa shape index (κ3) is 3.49. The first-order valence-electron chi connectivity index (χ1n) is 6.97. The molecule has 1 fully saturated rings. The normalized spacial score (nSPS) is 22.6. The minimum Gasteiger partial charge on any atom is -0.297 e. The Labute approximate surface area is 122 Å². The summed E-state index contributed by atoms with van der Waals surface area (Å²) in [6, 6.07) is 10.2. The predicted molar refractivity (Wildman–Crippen MR) is 84.4 cm³/mol. The van der Waals surface area contributed by atoms with Gasteiger partial charge in [-0.2, -0.15) is 0 Å². The second-order valence-corrected chi connectivity index (χ2v) is 8.93. The minimum absolute atomic E-state index is 0.263. The summed E-state index contributed by atoms with van der Waals surface area (Å²) in [5.41, 5.74) is 2.44. The lowest BCUT2D eigenvalue weighted by atomic mass is 10.1. The maximum absolute atomic E-state index is 12.0. The SMILES string of the molecule is C/C(=C\c1ccccc1)CN1CCS(=O)(=O)C(C)(C)C1. The van der Waals surface area contributed by atoms with E-state index in [9.17, 15) is 8.42 Å². The molecule has 0 unspecified atom stereocenters. The van der Waals surface area contributed by atoms with Gasteiger partial charge in [-0.25, -0.2) is 8.42 Å². The van der Waals surface area contributed by atoms with Crippen molar-refractivity contribution in [2.45, 2.75) is 25.5 Å². The zero-order valence-corrected chi connectivity index (χ0v) is 13.3. The second-order valence-electron chi connectivity index (χ2n) is 6.19. The Balaban J connectivity index is 2.03. The molecule has 0 bridgehead atoms. The molecule has 1 heterocycles. The van der Waals surface area contributed by atoms with E-state index in [2.05, 4.69) is 30.0 Å². The van der Waals surface area contributed by atoms with E-state index in [0.29, 0.717) is 13.1 Å². The van der Waals surface area contributed by atoms with E-state index in [1.807, 2.05) is 32.0 Å². The van der Waals surface area contributed by atoms with E-state index < -0.39 is 14.6 Å². The van der Waals surface area contributed by atoms with Crippen LogP contribution in [-0.4, -0.2) is 43.5 Å². The fraction of sp³-hybridized carbons (Fsp3) is 0.500. The molecular weight excluding hydrogens is 270 g/mol. The molecule has 1 aromatic rings. The smallest absolute Gasteiger partial charge is 0.157 e. The molecule has 110 valence electrons. The van der Waals surface area contributed by atoms with Crippen LogP contribution < -0.4 is 0 Å². The number of hydrogen-bond acceptors (Lipinski definition) is 3. The van der Waals surface area contributed by atoms with Crippen molar-refractivity contribution < 1.29 is 8.42 Å². The molecule has 0 atom stereocenters. The summed E-state index contributed by atoms with van der Waals surface area (Å²) in [7, 11) is -2.95. The quantitative estimate of drug-likeness (QED) is 0.859. The van der Waals surface area contributed by atoms with Gasteiger partial charge in [0, 0.05) is 19.6 Å². The molecule has 0 aromatic heterocycles. The van der Waals surface area contributed by atoms with Crippen LogP contribution in [-0.2, 0) is 9.84 Å². The maximum Gasteiger partial charge on any atom is 0.157 e. The largest absolute Gasteiger partial charge is 0.297 e. The highest BCUT2D eigenvalue weighted by Gasteiger charge is 2.39. The van der Waals surface area contributed by atoms with Crippen LogP contribution in [0.4, 0.5) is 0 Å². The summed E-state index contributed by atoms with van der Waals surface area (Å²) in [5.74, 6) is 0.263. The number of rotatable bonds is 3. The van der Waals surface area contributed by atoms with Crippen molar-refractivity contribution >= 4 is 15.9 Å². The first-order chi connectivity index (χ1) is 9.30. The average Bonchev–Trinajstić information content (AvgIpc) is 2.35. The van der Waals surface area contributed by atoms with Gasteiger partial charge in [0.15, 0.2) is 9.84 Å². The van der Waals surface area contributed by atoms with Gasteiger partial charge in [-0.15, -0.1) is 0 Å². The highest BCUT2D eigenvalue weighted by molar-refractivity contribution is 7.92. The summed E-state index contributed by atoms with van der Waals surface area (Å²) >= 11 is 0. The van der Waals surface area contributed by atoms with Gasteiger partial charge >= 0.3 is 0 Å². The van der Waals surface area contributed by atoms with Crippen LogP contribution in [0.3, 0.4) is 0 Å². The van der Waals surface area contributed by atoms with Gasteiger partial charge in [0.25, 0.3) is 0 Å². The lowest BCUT2D eigenvalue weighted by Crippen LogP contribution is -2.53. The standard InChI is InChI=1S/C16H23NO2S/c1-14(11-15-7-5-4-6-8-15)12-17-9-10-20(18,19)16(2,3)13-17/h4-8,11H,9-10,12-13H2,1-3H3/b14-11+. The lowest BCUT2D eigenvalue weighted by Gasteiger charge is -2.37. The van der Waals surface area contributed by atoms with Crippen LogP contribution >= 0.6 is 0 Å². The third-order valence-corrected chi connectivity index (χ3v) is 6.34. The summed E-state index contributed by atoms with van der Waals surface area (Å²) in [5, 5.41) is 0. The van der Waals surface area contributed by atoms with E-state index in [1.54, 1.807) is 0 Å². The fourth-order valence-electron chi connectivity index (χ4n) is 2.61. The topological polar surface area (TPSA) is 37.4 Å². The Hall–Kier alpha value is -1.13. The van der Waals surface area contributed by atoms with Gasteiger partial charge in [-0.3, -0.25) is 4.90 Å². The molecule has 0 aliphatic carbocycles.